The third kappa shape index (κ3) is 8.74. The molecule has 1 aliphatic heterocycles. The molecule has 0 spiro atoms. The van der Waals surface area contributed by atoms with Gasteiger partial charge >= 0.3 is 18.0 Å². The monoisotopic (exact) mass is 618 g/mol. The Morgan fingerprint density at radius 1 is 1.02 bits per heavy atom. The number of nitrogens with zero attached hydrogens (tertiary/aromatic N) is 1. The number of aliphatic hydroxyl groups excluding tert-OH is 1. The molecule has 13 heteroatoms. The number of hydrogen-bond acceptors (Lipinski definition) is 10. The van der Waals surface area contributed by atoms with E-state index in [0.29, 0.717) is 35.1 Å². The molecule has 1 heterocycles. The molecule has 1 aliphatic rings. The predicted octanol–water partition coefficient (Wildman–Crippen LogP) is 3.48. The zero-order valence-electron chi connectivity index (χ0n) is 24.9. The van der Waals surface area contributed by atoms with E-state index in [2.05, 4.69) is 21.2 Å². The average molecular weight is 619 g/mol. The van der Waals surface area contributed by atoms with Crippen molar-refractivity contribution in [2.45, 2.75) is 32.7 Å². The molecule has 0 unspecified atom stereocenters. The van der Waals surface area contributed by atoms with E-state index in [0.717, 1.165) is 11.1 Å². The first-order valence-electron chi connectivity index (χ1n) is 14.0. The molecule has 13 nitrogen and oxygen atoms in total. The number of methoxy groups -OCH3 is 1. The number of hydrazone groups is 1. The summed E-state index contributed by atoms with van der Waals surface area (Å²) in [4.78, 5) is 35.5. The number of allylic oxidation sites excluding steroid dienone is 1. The van der Waals surface area contributed by atoms with Crippen LogP contribution >= 0.6 is 0 Å². The van der Waals surface area contributed by atoms with Crippen LogP contribution in [0.5, 0.6) is 17.2 Å². The Morgan fingerprint density at radius 3 is 2.42 bits per heavy atom. The zero-order valence-corrected chi connectivity index (χ0v) is 24.9. The van der Waals surface area contributed by atoms with E-state index in [1.807, 2.05) is 0 Å². The van der Waals surface area contributed by atoms with Crippen LogP contribution in [0.1, 0.15) is 46.9 Å². The Labute approximate surface area is 259 Å². The number of carbonyl (C=O) groups is 3. The van der Waals surface area contributed by atoms with E-state index in [4.69, 9.17) is 24.1 Å². The van der Waals surface area contributed by atoms with Gasteiger partial charge in [0, 0.05) is 5.70 Å². The van der Waals surface area contributed by atoms with Gasteiger partial charge in [-0.25, -0.2) is 14.4 Å². The van der Waals surface area contributed by atoms with Gasteiger partial charge in [-0.2, -0.15) is 5.10 Å². The van der Waals surface area contributed by atoms with Crippen LogP contribution in [0.3, 0.4) is 0 Å². The topological polar surface area (TPSA) is 177 Å². The number of carbonyl (C=O) groups excluding carboxylic acids is 2. The fraction of sp³-hybridized carbons (Fsp3) is 0.250. The first kappa shape index (κ1) is 32.4. The summed E-state index contributed by atoms with van der Waals surface area (Å²) >= 11 is 0. The first-order valence-corrected chi connectivity index (χ1v) is 14.0. The lowest BCUT2D eigenvalue weighted by molar-refractivity contribution is -0.136. The van der Waals surface area contributed by atoms with Gasteiger partial charge in [-0.05, 0) is 79.1 Å². The number of benzene rings is 3. The summed E-state index contributed by atoms with van der Waals surface area (Å²) in [5, 5.41) is 28.7. The number of amides is 2. The third-order valence-corrected chi connectivity index (χ3v) is 6.60. The predicted molar refractivity (Wildman–Crippen MR) is 163 cm³/mol. The third-order valence-electron chi connectivity index (χ3n) is 6.60. The van der Waals surface area contributed by atoms with Gasteiger partial charge in [-0.15, -0.1) is 0 Å². The van der Waals surface area contributed by atoms with Crippen molar-refractivity contribution in [1.29, 1.82) is 0 Å². The van der Waals surface area contributed by atoms with Gasteiger partial charge in [-0.1, -0.05) is 18.2 Å². The van der Waals surface area contributed by atoms with E-state index < -0.39 is 30.2 Å². The number of carboxylic acid groups (broad SMARTS) is 1. The fourth-order valence-electron chi connectivity index (χ4n) is 4.38. The summed E-state index contributed by atoms with van der Waals surface area (Å²) in [5.74, 6) is -0.224. The summed E-state index contributed by atoms with van der Waals surface area (Å²) in [6.07, 6.45) is 0.380. The Morgan fingerprint density at radius 2 is 1.76 bits per heavy atom. The van der Waals surface area contributed by atoms with E-state index in [1.165, 1.54) is 25.5 Å². The fourth-order valence-corrected chi connectivity index (χ4v) is 4.38. The van der Waals surface area contributed by atoms with Crippen LogP contribution < -0.4 is 30.3 Å². The van der Waals surface area contributed by atoms with Crippen molar-refractivity contribution in [2.24, 2.45) is 5.10 Å². The number of hydrogen-bond donors (Lipinski definition) is 5. The highest BCUT2D eigenvalue weighted by Crippen LogP contribution is 2.35. The standard InChI is InChI=1S/C32H34N4O9/c1-4-43-26-15-23(29-28(31(40)42-3)19(2)34-32(41)35-29)11-14-25(26)45-18-27(37)36-33-16-20-7-12-24(13-8-20)44-17-21-5-9-22(10-6-21)30(38)39/h5-16,27,29,36-37H,4,17-18H2,1-3H3,(H,38,39)(H2,34,35,41)/b33-16-/t27-,29+/m0/s1. The van der Waals surface area contributed by atoms with Crippen LogP contribution in [0.25, 0.3) is 0 Å². The molecule has 2 atom stereocenters. The summed E-state index contributed by atoms with van der Waals surface area (Å²) in [5.41, 5.74) is 5.63. The minimum Gasteiger partial charge on any atom is -0.490 e. The molecule has 5 N–H and O–H groups in total. The summed E-state index contributed by atoms with van der Waals surface area (Å²) in [6.45, 7) is 3.88. The highest BCUT2D eigenvalue weighted by Gasteiger charge is 2.32. The molecule has 0 aromatic heterocycles. The maximum Gasteiger partial charge on any atom is 0.337 e. The number of urea groups is 1. The van der Waals surface area contributed by atoms with Crippen LogP contribution in [-0.2, 0) is 16.1 Å². The number of esters is 1. The lowest BCUT2D eigenvalue weighted by Gasteiger charge is -2.28. The molecule has 0 fully saturated rings. The number of aliphatic hydroxyl groups is 1. The average Bonchev–Trinajstić information content (AvgIpc) is 3.03. The van der Waals surface area contributed by atoms with Gasteiger partial charge < -0.3 is 39.8 Å². The first-order chi connectivity index (χ1) is 21.7. The van der Waals surface area contributed by atoms with Gasteiger partial charge in [-0.3, -0.25) is 5.43 Å². The SMILES string of the molecule is CCOc1cc([C@H]2NC(=O)NC(C)=C2C(=O)OC)ccc1OC[C@H](O)N/N=C\c1ccc(OCc2ccc(C(=O)O)cc2)cc1. The summed E-state index contributed by atoms with van der Waals surface area (Å²) in [6, 6.07) is 17.3. The molecule has 0 aliphatic carbocycles. The van der Waals surface area contributed by atoms with Crippen LogP contribution in [0.15, 0.2) is 83.1 Å². The smallest absolute Gasteiger partial charge is 0.337 e. The number of aromatic carboxylic acids is 1. The quantitative estimate of drug-likeness (QED) is 0.0778. The van der Waals surface area contributed by atoms with Crippen LogP contribution in [0, 0.1) is 0 Å². The van der Waals surface area contributed by atoms with E-state index in [-0.39, 0.29) is 24.4 Å². The van der Waals surface area contributed by atoms with Gasteiger partial charge in [0.15, 0.2) is 17.7 Å². The Kier molecular flexibility index (Phi) is 11.0. The summed E-state index contributed by atoms with van der Waals surface area (Å²) in [7, 11) is 1.27. The van der Waals surface area contributed by atoms with Crippen molar-refractivity contribution in [3.05, 3.63) is 100 Å². The second-order valence-electron chi connectivity index (χ2n) is 9.77. The van der Waals surface area contributed by atoms with Crippen molar-refractivity contribution >= 4 is 24.2 Å². The highest BCUT2D eigenvalue weighted by molar-refractivity contribution is 5.95. The molecule has 0 saturated heterocycles. The lowest BCUT2D eigenvalue weighted by atomic mass is 9.95. The molecule has 45 heavy (non-hydrogen) atoms. The Hall–Kier alpha value is -5.56. The molecule has 0 radical (unpaired) electrons. The molecule has 0 saturated carbocycles. The van der Waals surface area contributed by atoms with Gasteiger partial charge in [0.25, 0.3) is 0 Å². The van der Waals surface area contributed by atoms with Crippen LogP contribution in [0.2, 0.25) is 0 Å². The molecule has 236 valence electrons. The number of carboxylic acids is 1. The van der Waals surface area contributed by atoms with Gasteiger partial charge in [0.2, 0.25) is 0 Å². The molecule has 2 amide bonds. The van der Waals surface area contributed by atoms with Gasteiger partial charge in [0.1, 0.15) is 19.0 Å². The molecular weight excluding hydrogens is 584 g/mol. The van der Waals surface area contributed by atoms with Crippen molar-refractivity contribution in [2.75, 3.05) is 20.3 Å². The summed E-state index contributed by atoms with van der Waals surface area (Å²) < 4.78 is 22.2. The van der Waals surface area contributed by atoms with E-state index in [9.17, 15) is 19.5 Å². The number of ether oxygens (including phenoxy) is 4. The van der Waals surface area contributed by atoms with Crippen molar-refractivity contribution in [3.63, 3.8) is 0 Å². The van der Waals surface area contributed by atoms with Crippen LogP contribution in [-0.4, -0.2) is 60.9 Å². The molecule has 3 aromatic rings. The van der Waals surface area contributed by atoms with Crippen LogP contribution in [0.4, 0.5) is 4.79 Å². The number of nitrogens with one attached hydrogen (secondary N) is 3. The van der Waals surface area contributed by atoms with Gasteiger partial charge in [0.05, 0.1) is 37.1 Å². The Balaban J connectivity index is 1.30. The maximum atomic E-state index is 12.4. The van der Waals surface area contributed by atoms with Crippen molar-refractivity contribution < 1.29 is 43.5 Å². The van der Waals surface area contributed by atoms with E-state index in [1.54, 1.807) is 68.4 Å². The lowest BCUT2D eigenvalue weighted by Crippen LogP contribution is -2.45. The van der Waals surface area contributed by atoms with Crippen molar-refractivity contribution in [1.82, 2.24) is 16.1 Å². The molecular formula is C32H34N4O9. The Bertz CT molecular complexity index is 1570. The molecule has 0 bridgehead atoms. The second kappa shape index (κ2) is 15.3. The largest absolute Gasteiger partial charge is 0.490 e. The zero-order chi connectivity index (χ0) is 32.3. The molecule has 3 aromatic carbocycles. The molecule has 4 rings (SSSR count). The highest BCUT2D eigenvalue weighted by atomic mass is 16.5. The van der Waals surface area contributed by atoms with E-state index >= 15 is 0 Å². The number of rotatable bonds is 14. The second-order valence-corrected chi connectivity index (χ2v) is 9.77. The normalized spacial score (nSPS) is 15.1. The van der Waals surface area contributed by atoms with Crippen molar-refractivity contribution in [3.8, 4) is 17.2 Å². The minimum absolute atomic E-state index is 0.159. The maximum absolute atomic E-state index is 12.4. The minimum atomic E-state index is -1.15.